The number of ether oxygens (including phenoxy) is 7. The van der Waals surface area contributed by atoms with Crippen LogP contribution in [0.2, 0.25) is 0 Å². The number of rotatable bonds is 15. The molecule has 0 radical (unpaired) electrons. The fraction of sp³-hybridized carbons (Fsp3) is 0.282. The molecule has 0 N–H and O–H groups in total. The minimum Gasteiger partial charge on any atom is -0.491 e. The van der Waals surface area contributed by atoms with E-state index in [0.717, 1.165) is 75.1 Å². The van der Waals surface area contributed by atoms with Gasteiger partial charge >= 0.3 is 0 Å². The highest BCUT2D eigenvalue weighted by molar-refractivity contribution is 6.02. The highest BCUT2D eigenvalue weighted by Crippen LogP contribution is 2.41. The van der Waals surface area contributed by atoms with Gasteiger partial charge in [-0.2, -0.15) is 0 Å². The van der Waals surface area contributed by atoms with Crippen LogP contribution in [0.1, 0.15) is 13.8 Å². The lowest BCUT2D eigenvalue weighted by atomic mass is 9.95. The molecular formula is C39H38O7. The predicted molar refractivity (Wildman–Crippen MR) is 179 cm³/mol. The summed E-state index contributed by atoms with van der Waals surface area (Å²) in [5, 5.41) is 4.32. The van der Waals surface area contributed by atoms with Crippen molar-refractivity contribution in [1.82, 2.24) is 0 Å². The van der Waals surface area contributed by atoms with Gasteiger partial charge in [0, 0.05) is 5.56 Å². The Morgan fingerprint density at radius 2 is 1.37 bits per heavy atom. The molecule has 7 nitrogen and oxygen atoms in total. The van der Waals surface area contributed by atoms with Crippen molar-refractivity contribution in [1.29, 1.82) is 0 Å². The lowest BCUT2D eigenvalue weighted by molar-refractivity contribution is 0.194. The van der Waals surface area contributed by atoms with Gasteiger partial charge in [0.25, 0.3) is 0 Å². The van der Waals surface area contributed by atoms with Crippen LogP contribution in [-0.2, 0) is 18.9 Å². The zero-order chi connectivity index (χ0) is 31.6. The monoisotopic (exact) mass is 618 g/mol. The fourth-order valence-electron chi connectivity index (χ4n) is 5.23. The van der Waals surface area contributed by atoms with Crippen molar-refractivity contribution in [3.63, 3.8) is 0 Å². The minimum atomic E-state index is 0.136. The van der Waals surface area contributed by atoms with Crippen LogP contribution >= 0.6 is 0 Å². The molecule has 7 heteroatoms. The summed E-state index contributed by atoms with van der Waals surface area (Å²) < 4.78 is 40.4. The standard InChI is InChI=1S/C39H38O7/c1-24(2)30(13-25(3)40-18-34-20-42-34)14-26(4)46-33-11-8-28-9-12-38(45-23-36-22-44-36)39(37(28)17-33)29-6-5-27-7-10-32(16-31(27)15-29)41-19-35-21-43-35/h5-17,34-36H,1,3,18-23H2,2,4H3/b26-14+,30-13-. The van der Waals surface area contributed by atoms with E-state index in [4.69, 9.17) is 33.2 Å². The summed E-state index contributed by atoms with van der Waals surface area (Å²) in [6.45, 7) is 15.8. The number of epoxide rings is 3. The van der Waals surface area contributed by atoms with Gasteiger partial charge in [0.1, 0.15) is 66.9 Å². The summed E-state index contributed by atoms with van der Waals surface area (Å²) in [7, 11) is 0. The largest absolute Gasteiger partial charge is 0.491 e. The van der Waals surface area contributed by atoms with Crippen molar-refractivity contribution in [2.45, 2.75) is 32.2 Å². The van der Waals surface area contributed by atoms with Crippen LogP contribution in [0, 0.1) is 0 Å². The molecule has 0 bridgehead atoms. The first-order chi connectivity index (χ1) is 22.4. The summed E-state index contributed by atoms with van der Waals surface area (Å²) in [5.41, 5.74) is 3.80. The van der Waals surface area contributed by atoms with Gasteiger partial charge in [0.2, 0.25) is 0 Å². The SMILES string of the molecule is C=C(/C=C(/C=C(\C)Oc1ccc2ccc(OCC3CO3)c(-c3ccc4ccc(OCC5CO5)cc4c3)c2c1)C(=C)C)OCC1CO1. The Kier molecular flexibility index (Phi) is 8.54. The average molecular weight is 619 g/mol. The van der Waals surface area contributed by atoms with Gasteiger partial charge in [-0.25, -0.2) is 0 Å². The second kappa shape index (κ2) is 13.0. The van der Waals surface area contributed by atoms with Crippen LogP contribution in [-0.4, -0.2) is 58.0 Å². The zero-order valence-electron chi connectivity index (χ0n) is 26.3. The minimum absolute atomic E-state index is 0.136. The topological polar surface area (TPSA) is 74.5 Å². The zero-order valence-corrected chi connectivity index (χ0v) is 26.3. The van der Waals surface area contributed by atoms with Crippen LogP contribution in [0.4, 0.5) is 0 Å². The molecule has 236 valence electrons. The Morgan fingerprint density at radius 3 is 2.11 bits per heavy atom. The van der Waals surface area contributed by atoms with Crippen LogP contribution in [0.5, 0.6) is 17.2 Å². The summed E-state index contributed by atoms with van der Waals surface area (Å²) >= 11 is 0. The number of allylic oxidation sites excluding steroid dienone is 5. The Morgan fingerprint density at radius 1 is 0.717 bits per heavy atom. The van der Waals surface area contributed by atoms with E-state index in [1.165, 1.54) is 0 Å². The van der Waals surface area contributed by atoms with Crippen LogP contribution in [0.15, 0.2) is 115 Å². The number of hydrogen-bond donors (Lipinski definition) is 0. The maximum Gasteiger partial charge on any atom is 0.127 e. The fourth-order valence-corrected chi connectivity index (χ4v) is 5.23. The Bertz CT molecular complexity index is 1860. The average Bonchev–Trinajstić information content (AvgIpc) is 3.90. The Balaban J connectivity index is 1.21. The molecule has 0 spiro atoms. The molecule has 3 fully saturated rings. The first kappa shape index (κ1) is 30.1. The molecule has 3 aliphatic rings. The molecule has 0 saturated carbocycles. The molecule has 3 heterocycles. The molecule has 0 aliphatic carbocycles. The van der Waals surface area contributed by atoms with E-state index >= 15 is 0 Å². The molecule has 7 rings (SSSR count). The van der Waals surface area contributed by atoms with E-state index in [1.54, 1.807) is 0 Å². The van der Waals surface area contributed by atoms with Crippen LogP contribution in [0.25, 0.3) is 32.7 Å². The maximum atomic E-state index is 6.37. The summed E-state index contributed by atoms with van der Waals surface area (Å²) in [6.07, 6.45) is 4.32. The smallest absolute Gasteiger partial charge is 0.127 e. The highest BCUT2D eigenvalue weighted by Gasteiger charge is 2.25. The second-order valence-corrected chi connectivity index (χ2v) is 12.0. The second-order valence-electron chi connectivity index (χ2n) is 12.0. The quantitative estimate of drug-likeness (QED) is 0.0761. The molecule has 0 aromatic heterocycles. The Labute approximate surface area is 269 Å². The van der Waals surface area contributed by atoms with Gasteiger partial charge in [-0.3, -0.25) is 0 Å². The van der Waals surface area contributed by atoms with Gasteiger partial charge in [-0.1, -0.05) is 49.1 Å². The number of hydrogen-bond acceptors (Lipinski definition) is 7. The van der Waals surface area contributed by atoms with E-state index in [9.17, 15) is 0 Å². The molecule has 46 heavy (non-hydrogen) atoms. The van der Waals surface area contributed by atoms with Crippen molar-refractivity contribution in [2.75, 3.05) is 39.6 Å². The van der Waals surface area contributed by atoms with Gasteiger partial charge in [-0.15, -0.1) is 0 Å². The number of fused-ring (bicyclic) bond motifs is 2. The molecule has 0 amide bonds. The first-order valence-corrected chi connectivity index (χ1v) is 15.6. The van der Waals surface area contributed by atoms with E-state index in [2.05, 4.69) is 61.7 Å². The Hall–Kier alpha value is -4.56. The highest BCUT2D eigenvalue weighted by atomic mass is 16.6. The van der Waals surface area contributed by atoms with Crippen molar-refractivity contribution in [3.8, 4) is 28.4 Å². The van der Waals surface area contributed by atoms with Crippen molar-refractivity contribution < 1.29 is 33.2 Å². The maximum absolute atomic E-state index is 6.37. The molecule has 3 atom stereocenters. The third-order valence-corrected chi connectivity index (χ3v) is 8.02. The van der Waals surface area contributed by atoms with Crippen molar-refractivity contribution in [3.05, 3.63) is 115 Å². The van der Waals surface area contributed by atoms with Gasteiger partial charge in [0.05, 0.1) is 19.8 Å². The summed E-state index contributed by atoms with van der Waals surface area (Å²) in [6, 6.07) is 22.9. The number of benzene rings is 4. The first-order valence-electron chi connectivity index (χ1n) is 15.6. The molecular weight excluding hydrogens is 580 g/mol. The lowest BCUT2D eigenvalue weighted by Crippen LogP contribution is -2.05. The van der Waals surface area contributed by atoms with Gasteiger partial charge in [0.15, 0.2) is 0 Å². The molecule has 3 unspecified atom stereocenters. The molecule has 3 aliphatic heterocycles. The van der Waals surface area contributed by atoms with Crippen molar-refractivity contribution >= 4 is 21.5 Å². The molecule has 4 aromatic carbocycles. The third-order valence-electron chi connectivity index (χ3n) is 8.02. The summed E-state index contributed by atoms with van der Waals surface area (Å²) in [5.74, 6) is 3.61. The summed E-state index contributed by atoms with van der Waals surface area (Å²) in [4.78, 5) is 0. The van der Waals surface area contributed by atoms with Gasteiger partial charge in [-0.05, 0) is 95.1 Å². The lowest BCUT2D eigenvalue weighted by Gasteiger charge is -2.16. The van der Waals surface area contributed by atoms with Crippen LogP contribution in [0.3, 0.4) is 0 Å². The van der Waals surface area contributed by atoms with E-state index < -0.39 is 0 Å². The van der Waals surface area contributed by atoms with E-state index in [-0.39, 0.29) is 18.3 Å². The van der Waals surface area contributed by atoms with E-state index in [1.807, 2.05) is 44.2 Å². The normalized spacial score (nSPS) is 20.3. The molecule has 4 aromatic rings. The van der Waals surface area contributed by atoms with E-state index in [0.29, 0.717) is 37.1 Å². The molecule has 3 saturated heterocycles. The van der Waals surface area contributed by atoms with Gasteiger partial charge < -0.3 is 33.2 Å². The predicted octanol–water partition coefficient (Wildman–Crippen LogP) is 7.93. The van der Waals surface area contributed by atoms with Crippen molar-refractivity contribution in [2.24, 2.45) is 0 Å². The van der Waals surface area contributed by atoms with Crippen LogP contribution < -0.4 is 14.2 Å². The third kappa shape index (κ3) is 7.62.